The molecule has 0 aliphatic carbocycles. The number of aryl methyl sites for hydroxylation is 3. The fraction of sp³-hybridized carbons (Fsp3) is 0.0727. The van der Waals surface area contributed by atoms with Gasteiger partial charge in [0.2, 0.25) is 0 Å². The molecule has 2 heterocycles. The van der Waals surface area contributed by atoms with Crippen LogP contribution in [0.3, 0.4) is 0 Å². The molecule has 4 nitrogen and oxygen atoms in total. The van der Waals surface area contributed by atoms with Crippen LogP contribution in [0.25, 0.3) is 78.4 Å². The van der Waals surface area contributed by atoms with Gasteiger partial charge in [0, 0.05) is 33.4 Å². The van der Waals surface area contributed by atoms with Crippen LogP contribution in [0.1, 0.15) is 39.3 Å². The lowest BCUT2D eigenvalue weighted by Crippen LogP contribution is -2.09. The first-order chi connectivity index (χ1) is 29.0. The maximum Gasteiger partial charge on any atom is 0.164 e. The number of benzene rings is 8. The van der Waals surface area contributed by atoms with E-state index in [-0.39, 0.29) is 5.92 Å². The Hall–Kier alpha value is -7.43. The maximum absolute atomic E-state index is 6.88. The minimum Gasteiger partial charge on any atom is -0.456 e. The Bertz CT molecular complexity index is 3000. The zero-order valence-corrected chi connectivity index (χ0v) is 33.2. The van der Waals surface area contributed by atoms with E-state index in [9.17, 15) is 0 Å². The van der Waals surface area contributed by atoms with Gasteiger partial charge in [-0.1, -0.05) is 170 Å². The lowest BCUT2D eigenvalue weighted by molar-refractivity contribution is 0.668. The summed E-state index contributed by atoms with van der Waals surface area (Å²) in [6.45, 7) is 6.57. The van der Waals surface area contributed by atoms with Crippen molar-refractivity contribution >= 4 is 21.9 Å². The monoisotopic (exact) mass is 759 g/mol. The van der Waals surface area contributed by atoms with E-state index < -0.39 is 0 Å². The van der Waals surface area contributed by atoms with Crippen molar-refractivity contribution in [3.8, 4) is 56.4 Å². The van der Waals surface area contributed by atoms with Crippen LogP contribution >= 0.6 is 0 Å². The Kier molecular flexibility index (Phi) is 9.23. The number of hydrogen-bond donors (Lipinski definition) is 0. The number of nitrogens with zero attached hydrogens (tertiary/aromatic N) is 3. The minimum atomic E-state index is -0.228. The molecular weight excluding hydrogens is 719 g/mol. The second-order valence-electron chi connectivity index (χ2n) is 15.3. The van der Waals surface area contributed by atoms with E-state index >= 15 is 0 Å². The fourth-order valence-corrected chi connectivity index (χ4v) is 8.69. The topological polar surface area (TPSA) is 51.8 Å². The van der Waals surface area contributed by atoms with Crippen molar-refractivity contribution in [1.82, 2.24) is 15.0 Å². The third-order valence-corrected chi connectivity index (χ3v) is 11.5. The Balaban J connectivity index is 1.33. The predicted molar refractivity (Wildman–Crippen MR) is 242 cm³/mol. The Morgan fingerprint density at radius 2 is 0.780 bits per heavy atom. The molecule has 0 fully saturated rings. The molecule has 10 rings (SSSR count). The van der Waals surface area contributed by atoms with Gasteiger partial charge in [0.05, 0.1) is 0 Å². The van der Waals surface area contributed by atoms with Crippen LogP contribution in [-0.4, -0.2) is 15.0 Å². The second-order valence-corrected chi connectivity index (χ2v) is 15.3. The van der Waals surface area contributed by atoms with Crippen molar-refractivity contribution in [2.24, 2.45) is 0 Å². The normalized spacial score (nSPS) is 11.5. The fourth-order valence-electron chi connectivity index (χ4n) is 8.69. The van der Waals surface area contributed by atoms with Gasteiger partial charge in [0.1, 0.15) is 11.2 Å². The molecule has 0 atom stereocenters. The molecule has 0 bridgehead atoms. The first-order valence-corrected chi connectivity index (χ1v) is 20.1. The second kappa shape index (κ2) is 15.1. The van der Waals surface area contributed by atoms with Crippen LogP contribution in [0.2, 0.25) is 0 Å². The largest absolute Gasteiger partial charge is 0.456 e. The smallest absolute Gasteiger partial charge is 0.164 e. The summed E-state index contributed by atoms with van der Waals surface area (Å²) in [7, 11) is 0. The first kappa shape index (κ1) is 35.9. The highest BCUT2D eigenvalue weighted by molar-refractivity contribution is 6.10. The van der Waals surface area contributed by atoms with Crippen LogP contribution in [0.4, 0.5) is 0 Å². The van der Waals surface area contributed by atoms with E-state index in [1.807, 2.05) is 60.7 Å². The average Bonchev–Trinajstić information content (AvgIpc) is 3.68. The average molecular weight is 760 g/mol. The standard InChI is InChI=1S/C55H41N3O/c1-35-19-10-12-26-41(35)43-28-14-16-30-45(43)51(46-31-17-15-29-44(46)42-27-13-11-20-36(42)2)47-33-40(34-49-52(47)50-37(3)21-18-32-48(50)59-49)55-57-53(38-22-6-4-7-23-38)56-54(58-55)39-24-8-5-9-25-39/h4-34,51H,1-3H3. The zero-order chi connectivity index (χ0) is 39.9. The molecule has 0 N–H and O–H groups in total. The van der Waals surface area contributed by atoms with Gasteiger partial charge in [-0.3, -0.25) is 0 Å². The Morgan fingerprint density at radius 3 is 1.31 bits per heavy atom. The SMILES string of the molecule is Cc1ccccc1-c1ccccc1C(c1ccccc1-c1ccccc1C)c1cc(-c2nc(-c3ccccc3)nc(-c3ccccc3)n2)cc2oc3cccc(C)c3c12. The molecule has 59 heavy (non-hydrogen) atoms. The minimum absolute atomic E-state index is 0.228. The molecule has 0 aliphatic rings. The molecule has 10 aromatic rings. The highest BCUT2D eigenvalue weighted by Gasteiger charge is 2.29. The maximum atomic E-state index is 6.88. The molecule has 2 aromatic heterocycles. The summed E-state index contributed by atoms with van der Waals surface area (Å²) < 4.78 is 6.88. The van der Waals surface area contributed by atoms with E-state index in [0.29, 0.717) is 17.5 Å². The van der Waals surface area contributed by atoms with Crippen LogP contribution in [-0.2, 0) is 0 Å². The summed E-state index contributed by atoms with van der Waals surface area (Å²) in [5.74, 6) is 1.58. The van der Waals surface area contributed by atoms with Crippen molar-refractivity contribution in [3.05, 3.63) is 221 Å². The van der Waals surface area contributed by atoms with Gasteiger partial charge in [-0.05, 0) is 94.6 Å². The van der Waals surface area contributed by atoms with Gasteiger partial charge >= 0.3 is 0 Å². The Labute approximate surface area is 344 Å². The molecule has 0 unspecified atom stereocenters. The summed E-state index contributed by atoms with van der Waals surface area (Å²) in [4.78, 5) is 15.4. The zero-order valence-electron chi connectivity index (χ0n) is 33.2. The molecule has 0 spiro atoms. The molecule has 0 amide bonds. The van der Waals surface area contributed by atoms with Crippen LogP contribution < -0.4 is 0 Å². The third-order valence-electron chi connectivity index (χ3n) is 11.5. The predicted octanol–water partition coefficient (Wildman–Crippen LogP) is 14.2. The summed E-state index contributed by atoms with van der Waals surface area (Å²) in [5.41, 5.74) is 16.3. The number of fused-ring (bicyclic) bond motifs is 3. The van der Waals surface area contributed by atoms with E-state index in [1.165, 1.54) is 44.5 Å². The highest BCUT2D eigenvalue weighted by atomic mass is 16.3. The summed E-state index contributed by atoms with van der Waals surface area (Å²) in [6.07, 6.45) is 0. The quantitative estimate of drug-likeness (QED) is 0.145. The van der Waals surface area contributed by atoms with E-state index in [1.54, 1.807) is 0 Å². The number of aromatic nitrogens is 3. The summed E-state index contributed by atoms with van der Waals surface area (Å²) >= 11 is 0. The van der Waals surface area contributed by atoms with E-state index in [2.05, 4.69) is 148 Å². The van der Waals surface area contributed by atoms with E-state index in [0.717, 1.165) is 49.8 Å². The lowest BCUT2D eigenvalue weighted by Gasteiger charge is -2.27. The number of furan rings is 1. The van der Waals surface area contributed by atoms with Gasteiger partial charge in [0.25, 0.3) is 0 Å². The molecule has 282 valence electrons. The highest BCUT2D eigenvalue weighted by Crippen LogP contribution is 2.48. The Morgan fingerprint density at radius 1 is 0.339 bits per heavy atom. The number of rotatable bonds is 8. The van der Waals surface area contributed by atoms with Crippen LogP contribution in [0.5, 0.6) is 0 Å². The van der Waals surface area contributed by atoms with Crippen molar-refractivity contribution in [3.63, 3.8) is 0 Å². The van der Waals surface area contributed by atoms with Crippen molar-refractivity contribution < 1.29 is 4.42 Å². The van der Waals surface area contributed by atoms with Gasteiger partial charge < -0.3 is 4.42 Å². The van der Waals surface area contributed by atoms with Gasteiger partial charge in [-0.25, -0.2) is 15.0 Å². The molecule has 0 radical (unpaired) electrons. The van der Waals surface area contributed by atoms with Gasteiger partial charge in [0.15, 0.2) is 17.5 Å². The number of hydrogen-bond acceptors (Lipinski definition) is 4. The van der Waals surface area contributed by atoms with Crippen molar-refractivity contribution in [1.29, 1.82) is 0 Å². The first-order valence-electron chi connectivity index (χ1n) is 20.1. The third kappa shape index (κ3) is 6.59. The molecule has 0 saturated heterocycles. The summed E-state index contributed by atoms with van der Waals surface area (Å²) in [5, 5.41) is 2.20. The molecule has 4 heteroatoms. The van der Waals surface area contributed by atoms with Crippen LogP contribution in [0.15, 0.2) is 192 Å². The molecule has 8 aromatic carbocycles. The van der Waals surface area contributed by atoms with Crippen molar-refractivity contribution in [2.45, 2.75) is 26.7 Å². The summed E-state index contributed by atoms with van der Waals surface area (Å²) in [6, 6.07) is 66.2. The van der Waals surface area contributed by atoms with Gasteiger partial charge in [-0.2, -0.15) is 0 Å². The molecule has 0 saturated carbocycles. The molecule has 0 aliphatic heterocycles. The molecular formula is C55H41N3O. The van der Waals surface area contributed by atoms with Crippen molar-refractivity contribution in [2.75, 3.05) is 0 Å². The van der Waals surface area contributed by atoms with E-state index in [4.69, 9.17) is 19.4 Å². The lowest BCUT2D eigenvalue weighted by atomic mass is 9.76. The van der Waals surface area contributed by atoms with Crippen LogP contribution in [0, 0.1) is 20.8 Å². The van der Waals surface area contributed by atoms with Gasteiger partial charge in [-0.15, -0.1) is 0 Å².